The number of benzene rings is 1. The molecular weight excluding hydrogens is 274 g/mol. The maximum Gasteiger partial charge on any atom is 0.305 e. The minimum atomic E-state index is -0.964. The standard InChI is InChI=1S/C15H19NO5/c1-4-7-21-12-6-5-11(9-13(12)20-3)15(19)16-10(2)8-14(17)18/h4-6,9-10H,1,7-8H2,2-3H3,(H,16,19)(H,17,18). The Balaban J connectivity index is 2.80. The molecule has 0 aliphatic rings. The van der Waals surface area contributed by atoms with Crippen LogP contribution in [0.15, 0.2) is 30.9 Å². The van der Waals surface area contributed by atoms with Gasteiger partial charge >= 0.3 is 5.97 Å². The molecule has 114 valence electrons. The Bertz CT molecular complexity index is 527. The quantitative estimate of drug-likeness (QED) is 0.715. The van der Waals surface area contributed by atoms with E-state index in [9.17, 15) is 9.59 Å². The molecule has 1 unspecified atom stereocenters. The van der Waals surface area contributed by atoms with E-state index in [4.69, 9.17) is 14.6 Å². The number of aliphatic carboxylic acids is 1. The largest absolute Gasteiger partial charge is 0.493 e. The van der Waals surface area contributed by atoms with Crippen molar-refractivity contribution in [1.82, 2.24) is 5.32 Å². The van der Waals surface area contributed by atoms with Crippen molar-refractivity contribution in [3.8, 4) is 11.5 Å². The van der Waals surface area contributed by atoms with Gasteiger partial charge in [0, 0.05) is 11.6 Å². The predicted octanol–water partition coefficient (Wildman–Crippen LogP) is 1.85. The molecule has 0 saturated carbocycles. The lowest BCUT2D eigenvalue weighted by Gasteiger charge is -2.14. The fraction of sp³-hybridized carbons (Fsp3) is 0.333. The lowest BCUT2D eigenvalue weighted by Crippen LogP contribution is -2.34. The summed E-state index contributed by atoms with van der Waals surface area (Å²) in [6, 6.07) is 4.29. The van der Waals surface area contributed by atoms with Crippen molar-refractivity contribution in [2.45, 2.75) is 19.4 Å². The Morgan fingerprint density at radius 1 is 1.43 bits per heavy atom. The molecule has 0 saturated heterocycles. The fourth-order valence-electron chi connectivity index (χ4n) is 1.70. The Labute approximate surface area is 123 Å². The van der Waals surface area contributed by atoms with Crippen LogP contribution in [0.2, 0.25) is 0 Å². The first-order chi connectivity index (χ1) is 9.97. The van der Waals surface area contributed by atoms with E-state index < -0.39 is 12.0 Å². The van der Waals surface area contributed by atoms with Crippen LogP contribution in [-0.4, -0.2) is 36.7 Å². The second kappa shape index (κ2) is 7.94. The number of hydrogen-bond donors (Lipinski definition) is 2. The number of carboxylic acids is 1. The molecule has 1 rings (SSSR count). The smallest absolute Gasteiger partial charge is 0.305 e. The Morgan fingerprint density at radius 2 is 2.14 bits per heavy atom. The van der Waals surface area contributed by atoms with Crippen molar-refractivity contribution < 1.29 is 24.2 Å². The molecule has 1 atom stereocenters. The monoisotopic (exact) mass is 293 g/mol. The van der Waals surface area contributed by atoms with E-state index in [0.717, 1.165) is 0 Å². The Morgan fingerprint density at radius 3 is 2.71 bits per heavy atom. The third kappa shape index (κ3) is 5.18. The third-order valence-corrected chi connectivity index (χ3v) is 2.64. The summed E-state index contributed by atoms with van der Waals surface area (Å²) in [7, 11) is 1.48. The van der Waals surface area contributed by atoms with E-state index in [2.05, 4.69) is 11.9 Å². The number of methoxy groups -OCH3 is 1. The Kier molecular flexibility index (Phi) is 6.26. The fourth-order valence-corrected chi connectivity index (χ4v) is 1.70. The molecule has 21 heavy (non-hydrogen) atoms. The van der Waals surface area contributed by atoms with Gasteiger partial charge in [0.2, 0.25) is 0 Å². The van der Waals surface area contributed by atoms with Crippen LogP contribution in [0.4, 0.5) is 0 Å². The van der Waals surface area contributed by atoms with Gasteiger partial charge < -0.3 is 19.9 Å². The summed E-state index contributed by atoms with van der Waals surface area (Å²) in [5.74, 6) is -0.395. The van der Waals surface area contributed by atoms with Crippen molar-refractivity contribution in [1.29, 1.82) is 0 Å². The average Bonchev–Trinajstić information content (AvgIpc) is 2.43. The highest BCUT2D eigenvalue weighted by molar-refractivity contribution is 5.95. The maximum atomic E-state index is 12.0. The predicted molar refractivity (Wildman–Crippen MR) is 77.9 cm³/mol. The van der Waals surface area contributed by atoms with Crippen LogP contribution in [0, 0.1) is 0 Å². The molecule has 0 radical (unpaired) electrons. The van der Waals surface area contributed by atoms with E-state index in [1.54, 1.807) is 31.2 Å². The van der Waals surface area contributed by atoms with Gasteiger partial charge in [0.05, 0.1) is 13.5 Å². The molecule has 0 aromatic heterocycles. The van der Waals surface area contributed by atoms with Crippen LogP contribution in [0.3, 0.4) is 0 Å². The van der Waals surface area contributed by atoms with E-state index in [0.29, 0.717) is 23.7 Å². The maximum absolute atomic E-state index is 12.0. The number of ether oxygens (including phenoxy) is 2. The van der Waals surface area contributed by atoms with Crippen LogP contribution in [-0.2, 0) is 4.79 Å². The van der Waals surface area contributed by atoms with Crippen molar-refractivity contribution in [3.63, 3.8) is 0 Å². The van der Waals surface area contributed by atoms with Crippen molar-refractivity contribution >= 4 is 11.9 Å². The summed E-state index contributed by atoms with van der Waals surface area (Å²) in [6.45, 7) is 5.52. The summed E-state index contributed by atoms with van der Waals surface area (Å²) < 4.78 is 10.6. The zero-order valence-electron chi connectivity index (χ0n) is 12.1. The molecule has 0 spiro atoms. The van der Waals surface area contributed by atoms with Crippen LogP contribution >= 0.6 is 0 Å². The molecule has 0 aliphatic heterocycles. The number of hydrogen-bond acceptors (Lipinski definition) is 4. The average molecular weight is 293 g/mol. The first-order valence-corrected chi connectivity index (χ1v) is 6.42. The van der Waals surface area contributed by atoms with Gasteiger partial charge in [0.25, 0.3) is 5.91 Å². The molecule has 6 heteroatoms. The molecule has 0 heterocycles. The van der Waals surface area contributed by atoms with Crippen LogP contribution in [0.25, 0.3) is 0 Å². The van der Waals surface area contributed by atoms with Crippen molar-refractivity contribution in [2.75, 3.05) is 13.7 Å². The van der Waals surface area contributed by atoms with Crippen LogP contribution < -0.4 is 14.8 Å². The topological polar surface area (TPSA) is 84.9 Å². The molecule has 2 N–H and O–H groups in total. The summed E-state index contributed by atoms with van der Waals surface area (Å²) >= 11 is 0. The van der Waals surface area contributed by atoms with E-state index in [1.807, 2.05) is 0 Å². The first kappa shape index (κ1) is 16.6. The van der Waals surface area contributed by atoms with Gasteiger partial charge in [-0.15, -0.1) is 0 Å². The van der Waals surface area contributed by atoms with Gasteiger partial charge in [0.15, 0.2) is 11.5 Å². The molecule has 1 aromatic rings. The molecule has 0 fully saturated rings. The molecule has 0 aliphatic carbocycles. The van der Waals surface area contributed by atoms with Gasteiger partial charge in [-0.05, 0) is 25.1 Å². The number of carbonyl (C=O) groups excluding carboxylic acids is 1. The first-order valence-electron chi connectivity index (χ1n) is 6.42. The normalized spacial score (nSPS) is 11.3. The van der Waals surface area contributed by atoms with Gasteiger partial charge in [0.1, 0.15) is 6.61 Å². The highest BCUT2D eigenvalue weighted by Gasteiger charge is 2.14. The zero-order valence-corrected chi connectivity index (χ0v) is 12.1. The highest BCUT2D eigenvalue weighted by Crippen LogP contribution is 2.28. The summed E-state index contributed by atoms with van der Waals surface area (Å²) in [5.41, 5.74) is 0.370. The summed E-state index contributed by atoms with van der Waals surface area (Å²) in [5, 5.41) is 11.3. The number of carbonyl (C=O) groups is 2. The van der Waals surface area contributed by atoms with E-state index >= 15 is 0 Å². The summed E-state index contributed by atoms with van der Waals surface area (Å²) in [6.07, 6.45) is 1.47. The number of rotatable bonds is 8. The molecule has 1 amide bonds. The van der Waals surface area contributed by atoms with Crippen LogP contribution in [0.5, 0.6) is 11.5 Å². The SMILES string of the molecule is C=CCOc1ccc(C(=O)NC(C)CC(=O)O)cc1OC. The van der Waals surface area contributed by atoms with E-state index in [-0.39, 0.29) is 12.3 Å². The van der Waals surface area contributed by atoms with Crippen LogP contribution in [0.1, 0.15) is 23.7 Å². The molecular formula is C15H19NO5. The lowest BCUT2D eigenvalue weighted by atomic mass is 10.1. The Hall–Kier alpha value is -2.50. The van der Waals surface area contributed by atoms with Gasteiger partial charge in [-0.25, -0.2) is 0 Å². The summed E-state index contributed by atoms with van der Waals surface area (Å²) in [4.78, 5) is 22.6. The minimum absolute atomic E-state index is 0.136. The molecule has 6 nitrogen and oxygen atoms in total. The van der Waals surface area contributed by atoms with Gasteiger partial charge in [-0.1, -0.05) is 12.7 Å². The lowest BCUT2D eigenvalue weighted by molar-refractivity contribution is -0.137. The zero-order chi connectivity index (χ0) is 15.8. The molecule has 0 bridgehead atoms. The molecule has 1 aromatic carbocycles. The number of amides is 1. The minimum Gasteiger partial charge on any atom is -0.493 e. The second-order valence-corrected chi connectivity index (χ2v) is 4.44. The van der Waals surface area contributed by atoms with Crippen molar-refractivity contribution in [2.24, 2.45) is 0 Å². The number of nitrogens with one attached hydrogen (secondary N) is 1. The second-order valence-electron chi connectivity index (χ2n) is 4.44. The van der Waals surface area contributed by atoms with E-state index in [1.165, 1.54) is 7.11 Å². The number of carboxylic acid groups (broad SMARTS) is 1. The highest BCUT2D eigenvalue weighted by atomic mass is 16.5. The van der Waals surface area contributed by atoms with Gasteiger partial charge in [-0.3, -0.25) is 9.59 Å². The van der Waals surface area contributed by atoms with Crippen molar-refractivity contribution in [3.05, 3.63) is 36.4 Å². The van der Waals surface area contributed by atoms with Gasteiger partial charge in [-0.2, -0.15) is 0 Å². The third-order valence-electron chi connectivity index (χ3n) is 2.64.